The van der Waals surface area contributed by atoms with E-state index in [1.165, 1.54) is 11.0 Å². The maximum absolute atomic E-state index is 13.0. The molecule has 162 valence electrons. The predicted octanol–water partition coefficient (Wildman–Crippen LogP) is 5.36. The summed E-state index contributed by atoms with van der Waals surface area (Å²) in [5.74, 6) is -0.225. The lowest BCUT2D eigenvalue weighted by atomic mass is 10.1. The maximum atomic E-state index is 13.0. The Morgan fingerprint density at radius 2 is 1.67 bits per heavy atom. The number of amides is 2. The highest BCUT2D eigenvalue weighted by Gasteiger charge is 2.27. The topological polar surface area (TPSA) is 58.6 Å². The number of halogens is 3. The molecule has 0 saturated carbocycles. The van der Waals surface area contributed by atoms with Crippen LogP contribution in [0, 0.1) is 0 Å². The summed E-state index contributed by atoms with van der Waals surface area (Å²) in [6, 6.07) is 11.2. The average Bonchev–Trinajstić information content (AvgIpc) is 2.71. The van der Waals surface area contributed by atoms with E-state index in [9.17, 15) is 9.59 Å². The zero-order valence-electron chi connectivity index (χ0n) is 17.1. The summed E-state index contributed by atoms with van der Waals surface area (Å²) < 4.78 is 5.59. The van der Waals surface area contributed by atoms with Gasteiger partial charge in [-0.25, -0.2) is 0 Å². The molecule has 0 radical (unpaired) electrons. The van der Waals surface area contributed by atoms with Crippen molar-refractivity contribution in [1.82, 2.24) is 10.2 Å². The molecule has 0 aromatic heterocycles. The molecule has 0 unspecified atom stereocenters. The van der Waals surface area contributed by atoms with E-state index in [4.69, 9.17) is 39.5 Å². The third-order valence-electron chi connectivity index (χ3n) is 4.68. The SMILES string of the molecule is CC[C@@H](C)NC(=O)[C@H](C)N(Cc1ccc(Cl)cc1)C(=O)COc1ccc(Cl)cc1Cl. The van der Waals surface area contributed by atoms with Gasteiger partial charge in [0.15, 0.2) is 6.61 Å². The van der Waals surface area contributed by atoms with Crippen molar-refractivity contribution in [3.05, 3.63) is 63.1 Å². The van der Waals surface area contributed by atoms with Crippen molar-refractivity contribution in [3.8, 4) is 5.75 Å². The van der Waals surface area contributed by atoms with Crippen LogP contribution in [0.15, 0.2) is 42.5 Å². The normalized spacial score (nSPS) is 12.7. The van der Waals surface area contributed by atoms with E-state index in [2.05, 4.69) is 5.32 Å². The Kier molecular flexibility index (Phi) is 9.28. The van der Waals surface area contributed by atoms with Gasteiger partial charge in [-0.1, -0.05) is 53.9 Å². The second kappa shape index (κ2) is 11.4. The maximum Gasteiger partial charge on any atom is 0.261 e. The Morgan fingerprint density at radius 1 is 1.03 bits per heavy atom. The van der Waals surface area contributed by atoms with Crippen molar-refractivity contribution in [2.75, 3.05) is 6.61 Å². The van der Waals surface area contributed by atoms with Gasteiger partial charge >= 0.3 is 0 Å². The van der Waals surface area contributed by atoms with Crippen LogP contribution in [0.1, 0.15) is 32.8 Å². The predicted molar refractivity (Wildman–Crippen MR) is 121 cm³/mol. The Labute approximate surface area is 192 Å². The van der Waals surface area contributed by atoms with Crippen molar-refractivity contribution in [2.24, 2.45) is 0 Å². The smallest absolute Gasteiger partial charge is 0.261 e. The molecule has 2 rings (SSSR count). The minimum atomic E-state index is -0.688. The largest absolute Gasteiger partial charge is 0.482 e. The molecule has 0 spiro atoms. The lowest BCUT2D eigenvalue weighted by molar-refractivity contribution is -0.142. The minimum Gasteiger partial charge on any atom is -0.482 e. The summed E-state index contributed by atoms with van der Waals surface area (Å²) in [6.45, 7) is 5.57. The number of benzene rings is 2. The quantitative estimate of drug-likeness (QED) is 0.536. The molecule has 0 saturated heterocycles. The first-order valence-corrected chi connectivity index (χ1v) is 10.8. The van der Waals surface area contributed by atoms with Gasteiger partial charge in [-0.3, -0.25) is 9.59 Å². The van der Waals surface area contributed by atoms with Crippen LogP contribution in [0.25, 0.3) is 0 Å². The fraction of sp³-hybridized carbons (Fsp3) is 0.364. The summed E-state index contributed by atoms with van der Waals surface area (Å²) >= 11 is 18.0. The average molecular weight is 472 g/mol. The van der Waals surface area contributed by atoms with E-state index in [1.807, 2.05) is 26.0 Å². The monoisotopic (exact) mass is 470 g/mol. The Balaban J connectivity index is 2.16. The van der Waals surface area contributed by atoms with Gasteiger partial charge in [0.05, 0.1) is 5.02 Å². The summed E-state index contributed by atoms with van der Waals surface area (Å²) in [5.41, 5.74) is 0.848. The third kappa shape index (κ3) is 7.08. The molecule has 1 N–H and O–H groups in total. The molecule has 2 aromatic rings. The summed E-state index contributed by atoms with van der Waals surface area (Å²) in [6.07, 6.45) is 0.793. The van der Waals surface area contributed by atoms with Crippen LogP contribution in [-0.4, -0.2) is 35.4 Å². The number of ether oxygens (including phenoxy) is 1. The number of rotatable bonds is 9. The molecule has 8 heteroatoms. The van der Waals surface area contributed by atoms with Gasteiger partial charge in [0.2, 0.25) is 5.91 Å². The van der Waals surface area contributed by atoms with Crippen molar-refractivity contribution < 1.29 is 14.3 Å². The van der Waals surface area contributed by atoms with E-state index in [-0.39, 0.29) is 31.0 Å². The standard InChI is InChI=1S/C22H25Cl3N2O3/c1-4-14(2)26-22(29)15(3)27(12-16-5-7-17(23)8-6-16)21(28)13-30-20-10-9-18(24)11-19(20)25/h5-11,14-15H,4,12-13H2,1-3H3,(H,26,29)/t14-,15+/m1/s1. The number of nitrogens with one attached hydrogen (secondary N) is 1. The fourth-order valence-corrected chi connectivity index (χ4v) is 3.24. The Morgan fingerprint density at radius 3 is 2.27 bits per heavy atom. The van der Waals surface area contributed by atoms with Gasteiger partial charge in [-0.2, -0.15) is 0 Å². The number of hydrogen-bond donors (Lipinski definition) is 1. The zero-order chi connectivity index (χ0) is 22.3. The summed E-state index contributed by atoms with van der Waals surface area (Å²) in [7, 11) is 0. The molecule has 5 nitrogen and oxygen atoms in total. The van der Waals surface area contributed by atoms with Crippen molar-refractivity contribution >= 4 is 46.6 Å². The van der Waals surface area contributed by atoms with Crippen molar-refractivity contribution in [3.63, 3.8) is 0 Å². The van der Waals surface area contributed by atoms with Crippen LogP contribution in [0.3, 0.4) is 0 Å². The van der Waals surface area contributed by atoms with Gasteiger partial charge in [0.1, 0.15) is 11.8 Å². The van der Waals surface area contributed by atoms with E-state index < -0.39 is 6.04 Å². The molecule has 0 aliphatic heterocycles. The molecule has 2 atom stereocenters. The lowest BCUT2D eigenvalue weighted by Gasteiger charge is -2.29. The summed E-state index contributed by atoms with van der Waals surface area (Å²) in [4.78, 5) is 27.1. The summed E-state index contributed by atoms with van der Waals surface area (Å²) in [5, 5.41) is 4.29. The van der Waals surface area contributed by atoms with Crippen LogP contribution in [0.2, 0.25) is 15.1 Å². The first-order valence-electron chi connectivity index (χ1n) is 9.63. The van der Waals surface area contributed by atoms with Gasteiger partial charge in [0, 0.05) is 22.6 Å². The van der Waals surface area contributed by atoms with Crippen LogP contribution in [0.5, 0.6) is 5.75 Å². The Hall–Kier alpha value is -1.95. The fourth-order valence-electron chi connectivity index (χ4n) is 2.65. The van der Waals surface area contributed by atoms with Crippen LogP contribution in [0.4, 0.5) is 0 Å². The number of hydrogen-bond acceptors (Lipinski definition) is 3. The number of nitrogens with zero attached hydrogens (tertiary/aromatic N) is 1. The second-order valence-electron chi connectivity index (χ2n) is 7.01. The number of carbonyl (C=O) groups is 2. The first kappa shape index (κ1) is 24.3. The van der Waals surface area contributed by atoms with Crippen LogP contribution >= 0.6 is 34.8 Å². The first-order chi connectivity index (χ1) is 14.2. The lowest BCUT2D eigenvalue weighted by Crippen LogP contribution is -2.50. The van der Waals surface area contributed by atoms with Crippen LogP contribution in [-0.2, 0) is 16.1 Å². The molecular weight excluding hydrogens is 447 g/mol. The highest BCUT2D eigenvalue weighted by Crippen LogP contribution is 2.27. The second-order valence-corrected chi connectivity index (χ2v) is 8.29. The molecule has 0 heterocycles. The third-order valence-corrected chi connectivity index (χ3v) is 5.46. The van der Waals surface area contributed by atoms with Gasteiger partial charge in [-0.15, -0.1) is 0 Å². The number of carbonyl (C=O) groups excluding carboxylic acids is 2. The molecular formula is C22H25Cl3N2O3. The van der Waals surface area contributed by atoms with E-state index >= 15 is 0 Å². The zero-order valence-corrected chi connectivity index (χ0v) is 19.4. The molecule has 2 aromatic carbocycles. The molecule has 0 fully saturated rings. The van der Waals surface area contributed by atoms with E-state index in [1.54, 1.807) is 31.2 Å². The van der Waals surface area contributed by atoms with E-state index in [0.29, 0.717) is 20.8 Å². The molecule has 0 bridgehead atoms. The van der Waals surface area contributed by atoms with Crippen LogP contribution < -0.4 is 10.1 Å². The Bertz CT molecular complexity index is 874. The molecule has 0 aliphatic rings. The molecule has 2 amide bonds. The highest BCUT2D eigenvalue weighted by atomic mass is 35.5. The molecule has 30 heavy (non-hydrogen) atoms. The van der Waals surface area contributed by atoms with Gasteiger partial charge < -0.3 is 15.0 Å². The van der Waals surface area contributed by atoms with Crippen molar-refractivity contribution in [1.29, 1.82) is 0 Å². The molecule has 0 aliphatic carbocycles. The van der Waals surface area contributed by atoms with E-state index in [0.717, 1.165) is 12.0 Å². The highest BCUT2D eigenvalue weighted by molar-refractivity contribution is 6.35. The van der Waals surface area contributed by atoms with Gasteiger partial charge in [-0.05, 0) is 56.2 Å². The van der Waals surface area contributed by atoms with Gasteiger partial charge in [0.25, 0.3) is 5.91 Å². The minimum absolute atomic E-state index is 0.0107. The van der Waals surface area contributed by atoms with Crippen molar-refractivity contribution in [2.45, 2.75) is 45.8 Å².